The molecule has 1 saturated heterocycles. The Bertz CT molecular complexity index is 723. The minimum absolute atomic E-state index is 0.0975. The van der Waals surface area contributed by atoms with Crippen molar-refractivity contribution in [3.8, 4) is 5.69 Å². The SMILES string of the molecule is CC(C)c1ccc(-n2ccnc2SCCN2C(=O)CNC2=O)cc1. The van der Waals surface area contributed by atoms with Gasteiger partial charge < -0.3 is 5.32 Å². The maximum absolute atomic E-state index is 11.6. The van der Waals surface area contributed by atoms with Gasteiger partial charge in [-0.15, -0.1) is 0 Å². The Balaban J connectivity index is 1.65. The summed E-state index contributed by atoms with van der Waals surface area (Å²) in [5.74, 6) is 0.938. The Morgan fingerprint density at radius 1 is 1.25 bits per heavy atom. The number of nitrogens with zero attached hydrogens (tertiary/aromatic N) is 3. The molecule has 3 amide bonds. The molecule has 6 nitrogen and oxygen atoms in total. The van der Waals surface area contributed by atoms with Crippen LogP contribution in [0.4, 0.5) is 4.79 Å². The average Bonchev–Trinajstić information content (AvgIpc) is 3.16. The zero-order valence-electron chi connectivity index (χ0n) is 13.7. The smallest absolute Gasteiger partial charge is 0.324 e. The van der Waals surface area contributed by atoms with E-state index in [-0.39, 0.29) is 18.5 Å². The van der Waals surface area contributed by atoms with Crippen LogP contribution in [0.5, 0.6) is 0 Å². The molecule has 2 aromatic rings. The van der Waals surface area contributed by atoms with Gasteiger partial charge >= 0.3 is 6.03 Å². The van der Waals surface area contributed by atoms with Crippen molar-refractivity contribution in [1.82, 2.24) is 19.8 Å². The molecule has 0 atom stereocenters. The first-order valence-corrected chi connectivity index (χ1v) is 8.89. The number of nitrogens with one attached hydrogen (secondary N) is 1. The number of thioether (sulfide) groups is 1. The van der Waals surface area contributed by atoms with Crippen molar-refractivity contribution in [2.45, 2.75) is 24.9 Å². The molecule has 0 unspecified atom stereocenters. The summed E-state index contributed by atoms with van der Waals surface area (Å²) < 4.78 is 2.01. The molecule has 2 heterocycles. The molecule has 1 N–H and O–H groups in total. The molecule has 0 spiro atoms. The molecule has 7 heteroatoms. The van der Waals surface area contributed by atoms with Gasteiger partial charge in [-0.1, -0.05) is 37.7 Å². The van der Waals surface area contributed by atoms with Crippen LogP contribution in [-0.4, -0.2) is 45.2 Å². The van der Waals surface area contributed by atoms with Gasteiger partial charge in [0.25, 0.3) is 0 Å². The van der Waals surface area contributed by atoms with Crippen LogP contribution in [0.1, 0.15) is 25.3 Å². The second kappa shape index (κ2) is 7.09. The maximum atomic E-state index is 11.6. The number of rotatable bonds is 6. The summed E-state index contributed by atoms with van der Waals surface area (Å²) >= 11 is 1.53. The zero-order chi connectivity index (χ0) is 17.1. The van der Waals surface area contributed by atoms with Crippen molar-refractivity contribution in [3.63, 3.8) is 0 Å². The molecule has 1 aromatic carbocycles. The first-order valence-electron chi connectivity index (χ1n) is 7.91. The van der Waals surface area contributed by atoms with Gasteiger partial charge in [0.2, 0.25) is 5.91 Å². The lowest BCUT2D eigenvalue weighted by molar-refractivity contribution is -0.124. The third-order valence-corrected chi connectivity index (χ3v) is 4.87. The van der Waals surface area contributed by atoms with Crippen molar-refractivity contribution in [2.75, 3.05) is 18.8 Å². The molecule has 0 bridgehead atoms. The van der Waals surface area contributed by atoms with E-state index in [1.165, 1.54) is 22.2 Å². The Morgan fingerprint density at radius 2 is 2.00 bits per heavy atom. The highest BCUT2D eigenvalue weighted by atomic mass is 32.2. The molecule has 3 rings (SSSR count). The number of hydrogen-bond acceptors (Lipinski definition) is 4. The van der Waals surface area contributed by atoms with E-state index in [0.29, 0.717) is 18.2 Å². The molecule has 1 aromatic heterocycles. The number of carbonyl (C=O) groups excluding carboxylic acids is 2. The van der Waals surface area contributed by atoms with E-state index in [1.54, 1.807) is 6.20 Å². The number of carbonyl (C=O) groups is 2. The van der Waals surface area contributed by atoms with Crippen molar-refractivity contribution in [2.24, 2.45) is 0 Å². The van der Waals surface area contributed by atoms with Gasteiger partial charge in [0.15, 0.2) is 5.16 Å². The minimum atomic E-state index is -0.312. The summed E-state index contributed by atoms with van der Waals surface area (Å²) in [6, 6.07) is 8.11. The summed E-state index contributed by atoms with van der Waals surface area (Å²) in [5, 5.41) is 3.37. The standard InChI is InChI=1S/C17H20N4O2S/c1-12(2)13-3-5-14(6-4-13)20-8-7-18-17(20)24-10-9-21-15(22)11-19-16(21)23/h3-8,12H,9-11H2,1-2H3,(H,19,23). The van der Waals surface area contributed by atoms with Crippen LogP contribution in [0.15, 0.2) is 41.8 Å². The van der Waals surface area contributed by atoms with E-state index < -0.39 is 0 Å². The Morgan fingerprint density at radius 3 is 2.62 bits per heavy atom. The number of urea groups is 1. The number of benzene rings is 1. The first kappa shape index (κ1) is 16.6. The van der Waals surface area contributed by atoms with Gasteiger partial charge in [-0.2, -0.15) is 0 Å². The van der Waals surface area contributed by atoms with Crippen molar-refractivity contribution < 1.29 is 9.59 Å². The lowest BCUT2D eigenvalue weighted by atomic mass is 10.0. The fourth-order valence-electron chi connectivity index (χ4n) is 2.52. The van der Waals surface area contributed by atoms with E-state index in [4.69, 9.17) is 0 Å². The zero-order valence-corrected chi connectivity index (χ0v) is 14.5. The Labute approximate surface area is 145 Å². The molecule has 1 aliphatic heterocycles. The lowest BCUT2D eigenvalue weighted by Gasteiger charge is -2.13. The largest absolute Gasteiger partial charge is 0.329 e. The highest BCUT2D eigenvalue weighted by Gasteiger charge is 2.27. The first-order chi connectivity index (χ1) is 11.6. The number of amides is 3. The van der Waals surface area contributed by atoms with Crippen LogP contribution in [0.25, 0.3) is 5.69 Å². The van der Waals surface area contributed by atoms with Crippen LogP contribution < -0.4 is 5.32 Å². The van der Waals surface area contributed by atoms with Crippen molar-refractivity contribution >= 4 is 23.7 Å². The van der Waals surface area contributed by atoms with Gasteiger partial charge in [-0.05, 0) is 23.6 Å². The Kier molecular flexibility index (Phi) is 4.89. The highest BCUT2D eigenvalue weighted by molar-refractivity contribution is 7.99. The highest BCUT2D eigenvalue weighted by Crippen LogP contribution is 2.22. The second-order valence-electron chi connectivity index (χ2n) is 5.88. The molecule has 24 heavy (non-hydrogen) atoms. The van der Waals surface area contributed by atoms with Crippen LogP contribution >= 0.6 is 11.8 Å². The van der Waals surface area contributed by atoms with E-state index in [0.717, 1.165) is 10.8 Å². The summed E-state index contributed by atoms with van der Waals surface area (Å²) in [6.45, 7) is 4.82. The normalized spacial score (nSPS) is 14.5. The number of aromatic nitrogens is 2. The third-order valence-electron chi connectivity index (χ3n) is 3.93. The molecular formula is C17H20N4O2S. The molecule has 1 aliphatic rings. The fraction of sp³-hybridized carbons (Fsp3) is 0.353. The molecular weight excluding hydrogens is 324 g/mol. The van der Waals surface area contributed by atoms with Crippen LogP contribution in [0.3, 0.4) is 0 Å². The molecule has 0 aliphatic carbocycles. The molecule has 126 valence electrons. The molecule has 0 saturated carbocycles. The van der Waals surface area contributed by atoms with Gasteiger partial charge in [0, 0.05) is 30.4 Å². The van der Waals surface area contributed by atoms with Crippen LogP contribution in [0.2, 0.25) is 0 Å². The van der Waals surface area contributed by atoms with E-state index in [9.17, 15) is 9.59 Å². The van der Waals surface area contributed by atoms with Gasteiger partial charge in [-0.3, -0.25) is 14.3 Å². The summed E-state index contributed by atoms with van der Waals surface area (Å²) in [4.78, 5) is 28.7. The van der Waals surface area contributed by atoms with Gasteiger partial charge in [-0.25, -0.2) is 9.78 Å². The van der Waals surface area contributed by atoms with E-state index in [1.807, 2.05) is 10.8 Å². The summed E-state index contributed by atoms with van der Waals surface area (Å²) in [7, 11) is 0. The van der Waals surface area contributed by atoms with E-state index in [2.05, 4.69) is 48.4 Å². The number of imide groups is 1. The second-order valence-corrected chi connectivity index (χ2v) is 6.94. The summed E-state index contributed by atoms with van der Waals surface area (Å²) in [5.41, 5.74) is 2.35. The number of imidazole rings is 1. The quantitative estimate of drug-likeness (QED) is 0.646. The minimum Gasteiger partial charge on any atom is -0.329 e. The Hall–Kier alpha value is -2.28. The topological polar surface area (TPSA) is 67.2 Å². The number of hydrogen-bond donors (Lipinski definition) is 1. The van der Waals surface area contributed by atoms with Crippen molar-refractivity contribution in [3.05, 3.63) is 42.2 Å². The fourth-order valence-corrected chi connectivity index (χ4v) is 3.42. The third kappa shape index (κ3) is 3.46. The summed E-state index contributed by atoms with van der Waals surface area (Å²) in [6.07, 6.45) is 3.67. The van der Waals surface area contributed by atoms with Gasteiger partial charge in [0.1, 0.15) is 0 Å². The van der Waals surface area contributed by atoms with Crippen LogP contribution in [0, 0.1) is 0 Å². The lowest BCUT2D eigenvalue weighted by Crippen LogP contribution is -2.32. The predicted molar refractivity (Wildman–Crippen MR) is 93.5 cm³/mol. The molecule has 0 radical (unpaired) electrons. The monoisotopic (exact) mass is 344 g/mol. The van der Waals surface area contributed by atoms with Gasteiger partial charge in [0.05, 0.1) is 6.54 Å². The van der Waals surface area contributed by atoms with E-state index >= 15 is 0 Å². The van der Waals surface area contributed by atoms with Crippen LogP contribution in [-0.2, 0) is 4.79 Å². The van der Waals surface area contributed by atoms with Crippen molar-refractivity contribution in [1.29, 1.82) is 0 Å². The average molecular weight is 344 g/mol. The predicted octanol–water partition coefficient (Wildman–Crippen LogP) is 2.64. The molecule has 1 fully saturated rings. The maximum Gasteiger partial charge on any atom is 0.324 e.